The molecule has 3 aromatic rings. The lowest BCUT2D eigenvalue weighted by Crippen LogP contribution is -2.36. The number of carbonyl (C=O) groups excluding carboxylic acids is 2. The molecular formula is C32H32F3N3O8S. The Hall–Kier alpha value is -4.89. The summed E-state index contributed by atoms with van der Waals surface area (Å²) in [5, 5.41) is 23.0. The number of carbonyl (C=O) groups is 3. The van der Waals surface area contributed by atoms with Gasteiger partial charge in [0.15, 0.2) is 15.9 Å². The van der Waals surface area contributed by atoms with Gasteiger partial charge in [-0.25, -0.2) is 18.0 Å². The van der Waals surface area contributed by atoms with Crippen molar-refractivity contribution in [2.24, 2.45) is 0 Å². The molecule has 1 unspecified atom stereocenters. The Morgan fingerprint density at radius 3 is 2.26 bits per heavy atom. The number of ether oxygens (including phenoxy) is 1. The second-order valence-electron chi connectivity index (χ2n) is 10.8. The second kappa shape index (κ2) is 14.7. The van der Waals surface area contributed by atoms with Crippen molar-refractivity contribution < 1.29 is 50.9 Å². The van der Waals surface area contributed by atoms with E-state index in [0.717, 1.165) is 49.4 Å². The van der Waals surface area contributed by atoms with Crippen LogP contribution in [0.5, 0.6) is 5.75 Å². The number of hydrogen-bond acceptors (Lipinski definition) is 7. The first kappa shape index (κ1) is 35.0. The maximum absolute atomic E-state index is 13.7. The maximum Gasteiger partial charge on any atom is 0.573 e. The minimum absolute atomic E-state index is 0.0400. The fraction of sp³-hybridized carbons (Fsp3) is 0.281. The summed E-state index contributed by atoms with van der Waals surface area (Å²) in [5.74, 6) is -3.05. The molecule has 4 N–H and O–H groups in total. The number of allylic oxidation sites excluding steroid dienone is 2. The Labute approximate surface area is 268 Å². The van der Waals surface area contributed by atoms with Crippen LogP contribution in [0, 0.1) is 0 Å². The van der Waals surface area contributed by atoms with Crippen molar-refractivity contribution >= 4 is 44.7 Å². The smallest absolute Gasteiger partial charge is 0.479 e. The summed E-state index contributed by atoms with van der Waals surface area (Å²) in [7, 11) is -4.20. The summed E-state index contributed by atoms with van der Waals surface area (Å²) in [4.78, 5) is 37.4. The number of nitrogens with zero attached hydrogens (tertiary/aromatic N) is 1. The normalized spacial score (nSPS) is 14.0. The van der Waals surface area contributed by atoms with Crippen LogP contribution in [0.3, 0.4) is 0 Å². The van der Waals surface area contributed by atoms with Crippen molar-refractivity contribution in [1.29, 1.82) is 0 Å². The SMILES string of the molecule is CS(=O)(=O)c1cc(NC(=O)N(Cc2ccc(C(=O)NCC(O)C(=O)O)cc2)c2ccc(C3=CCCCC3)cc2)ccc1OC(F)(F)F. The van der Waals surface area contributed by atoms with E-state index in [4.69, 9.17) is 5.11 Å². The van der Waals surface area contributed by atoms with Gasteiger partial charge in [-0.3, -0.25) is 9.69 Å². The molecule has 250 valence electrons. The van der Waals surface area contributed by atoms with Crippen molar-refractivity contribution in [3.05, 3.63) is 89.5 Å². The minimum atomic E-state index is -5.14. The number of nitrogens with one attached hydrogen (secondary N) is 2. The van der Waals surface area contributed by atoms with Gasteiger partial charge in [-0.2, -0.15) is 0 Å². The first-order valence-electron chi connectivity index (χ1n) is 14.4. The molecule has 15 heteroatoms. The lowest BCUT2D eigenvalue weighted by atomic mass is 9.93. The first-order valence-corrected chi connectivity index (χ1v) is 16.3. The monoisotopic (exact) mass is 675 g/mol. The number of rotatable bonds is 11. The van der Waals surface area contributed by atoms with Crippen LogP contribution in [0.1, 0.15) is 47.2 Å². The quantitative estimate of drug-likeness (QED) is 0.211. The number of anilines is 2. The number of carboxylic acid groups (broad SMARTS) is 1. The highest BCUT2D eigenvalue weighted by Gasteiger charge is 2.33. The number of aliphatic hydroxyl groups excluding tert-OH is 1. The summed E-state index contributed by atoms with van der Waals surface area (Å²) in [6.45, 7) is -0.539. The summed E-state index contributed by atoms with van der Waals surface area (Å²) in [6.07, 6.45) is 0.0600. The van der Waals surface area contributed by atoms with E-state index in [0.29, 0.717) is 17.5 Å². The van der Waals surface area contributed by atoms with Gasteiger partial charge in [0, 0.05) is 23.2 Å². The van der Waals surface area contributed by atoms with Crippen LogP contribution in [0.2, 0.25) is 0 Å². The van der Waals surface area contributed by atoms with Crippen LogP contribution in [-0.4, -0.2) is 61.8 Å². The number of sulfone groups is 1. The zero-order valence-corrected chi connectivity index (χ0v) is 25.9. The fourth-order valence-electron chi connectivity index (χ4n) is 4.83. The second-order valence-corrected chi connectivity index (χ2v) is 12.8. The predicted octanol–water partition coefficient (Wildman–Crippen LogP) is 5.36. The lowest BCUT2D eigenvalue weighted by Gasteiger charge is -2.24. The highest BCUT2D eigenvalue weighted by molar-refractivity contribution is 7.90. The maximum atomic E-state index is 13.7. The largest absolute Gasteiger partial charge is 0.573 e. The number of hydrogen-bond donors (Lipinski definition) is 4. The van der Waals surface area contributed by atoms with Crippen LogP contribution in [-0.2, 0) is 21.2 Å². The van der Waals surface area contributed by atoms with Crippen molar-refractivity contribution in [3.8, 4) is 5.75 Å². The van der Waals surface area contributed by atoms with Crippen LogP contribution in [0.25, 0.3) is 5.57 Å². The molecule has 0 spiro atoms. The average molecular weight is 676 g/mol. The summed E-state index contributed by atoms with van der Waals surface area (Å²) in [6, 6.07) is 15.3. The topological polar surface area (TPSA) is 162 Å². The molecular weight excluding hydrogens is 643 g/mol. The molecule has 1 aliphatic rings. The van der Waals surface area contributed by atoms with Gasteiger partial charge in [-0.15, -0.1) is 13.2 Å². The molecule has 3 amide bonds. The molecule has 0 saturated carbocycles. The molecule has 11 nitrogen and oxygen atoms in total. The van der Waals surface area contributed by atoms with Gasteiger partial charge in [0.2, 0.25) is 0 Å². The number of alkyl halides is 3. The number of halogens is 3. The molecule has 0 aliphatic heterocycles. The molecule has 0 fully saturated rings. The molecule has 4 rings (SSSR count). The van der Waals surface area contributed by atoms with Gasteiger partial charge in [0.05, 0.1) is 13.1 Å². The minimum Gasteiger partial charge on any atom is -0.479 e. The zero-order valence-electron chi connectivity index (χ0n) is 25.1. The third kappa shape index (κ3) is 9.80. The Kier molecular flexibility index (Phi) is 10.9. The van der Waals surface area contributed by atoms with Crippen LogP contribution in [0.15, 0.2) is 77.7 Å². The first-order chi connectivity index (χ1) is 22.1. The lowest BCUT2D eigenvalue weighted by molar-refractivity contribution is -0.275. The third-order valence-corrected chi connectivity index (χ3v) is 8.32. The van der Waals surface area contributed by atoms with Gasteiger partial charge >= 0.3 is 18.4 Å². The molecule has 0 bridgehead atoms. The highest BCUT2D eigenvalue weighted by Crippen LogP contribution is 2.33. The van der Waals surface area contributed by atoms with Gasteiger partial charge in [0.25, 0.3) is 5.91 Å². The van der Waals surface area contributed by atoms with Gasteiger partial charge in [0.1, 0.15) is 10.6 Å². The summed E-state index contributed by atoms with van der Waals surface area (Å²) in [5.41, 5.74) is 3.27. The number of aliphatic carboxylic acids is 1. The average Bonchev–Trinajstić information content (AvgIpc) is 3.02. The molecule has 0 saturated heterocycles. The Morgan fingerprint density at radius 1 is 1.00 bits per heavy atom. The third-order valence-electron chi connectivity index (χ3n) is 7.20. The van der Waals surface area contributed by atoms with Gasteiger partial charge in [-0.05, 0) is 84.8 Å². The van der Waals surface area contributed by atoms with E-state index in [1.807, 2.05) is 12.1 Å². The van der Waals surface area contributed by atoms with Crippen LogP contribution >= 0.6 is 0 Å². The van der Waals surface area contributed by atoms with Gasteiger partial charge < -0.3 is 25.6 Å². The van der Waals surface area contributed by atoms with Crippen LogP contribution in [0.4, 0.5) is 29.3 Å². The number of amides is 3. The van der Waals surface area contributed by atoms with Crippen molar-refractivity contribution in [2.75, 3.05) is 23.0 Å². The molecule has 1 atom stereocenters. The van der Waals surface area contributed by atoms with E-state index in [-0.39, 0.29) is 17.8 Å². The molecule has 47 heavy (non-hydrogen) atoms. The summed E-state index contributed by atoms with van der Waals surface area (Å²) >= 11 is 0. The van der Waals surface area contributed by atoms with Gasteiger partial charge in [-0.1, -0.05) is 30.3 Å². The number of urea groups is 1. The number of benzene rings is 3. The fourth-order valence-corrected chi connectivity index (χ4v) is 5.65. The van der Waals surface area contributed by atoms with Crippen molar-refractivity contribution in [1.82, 2.24) is 5.32 Å². The Bertz CT molecular complexity index is 1760. The summed E-state index contributed by atoms with van der Waals surface area (Å²) < 4.78 is 67.1. The van der Waals surface area contributed by atoms with Crippen molar-refractivity contribution in [2.45, 2.75) is 49.6 Å². The molecule has 0 radical (unpaired) electrons. The van der Waals surface area contributed by atoms with Crippen LogP contribution < -0.4 is 20.3 Å². The molecule has 3 aromatic carbocycles. The van der Waals surface area contributed by atoms with E-state index in [9.17, 15) is 41.1 Å². The Balaban J connectivity index is 1.60. The molecule has 0 aromatic heterocycles. The number of aliphatic hydroxyl groups is 1. The van der Waals surface area contributed by atoms with Crippen molar-refractivity contribution in [3.63, 3.8) is 0 Å². The standard InChI is InChI=1S/C32H32F3N3O8S/c1-47(44,45)28-17-24(13-16-27(28)46-32(33,34)35)37-31(43)38(25-14-11-22(12-15-25)21-5-3-2-4-6-21)19-20-7-9-23(10-8-20)29(40)36-18-26(39)30(41)42/h5,7-17,26,39H,2-4,6,18-19H2,1H3,(H,36,40)(H,37,43)(H,41,42). The highest BCUT2D eigenvalue weighted by atomic mass is 32.2. The number of carboxylic acids is 1. The van der Waals surface area contributed by atoms with E-state index in [1.165, 1.54) is 22.6 Å². The predicted molar refractivity (Wildman–Crippen MR) is 167 cm³/mol. The molecule has 0 heterocycles. The zero-order chi connectivity index (χ0) is 34.4. The van der Waals surface area contributed by atoms with E-state index in [2.05, 4.69) is 21.4 Å². The van der Waals surface area contributed by atoms with E-state index < -0.39 is 57.4 Å². The Morgan fingerprint density at radius 2 is 1.68 bits per heavy atom. The van der Waals surface area contributed by atoms with E-state index in [1.54, 1.807) is 24.3 Å². The van der Waals surface area contributed by atoms with E-state index >= 15 is 0 Å². The molecule has 1 aliphatic carbocycles.